The molecule has 0 N–H and O–H groups in total. The molecule has 0 radical (unpaired) electrons. The summed E-state index contributed by atoms with van der Waals surface area (Å²) in [6, 6.07) is 19.8. The first-order valence-corrected chi connectivity index (χ1v) is 11.4. The maximum atomic E-state index is 13.4. The molecule has 3 heterocycles. The minimum Gasteiger partial charge on any atom is -0.486 e. The summed E-state index contributed by atoms with van der Waals surface area (Å²) in [4.78, 5) is 26.1. The molecule has 1 fully saturated rings. The molecule has 32 heavy (non-hydrogen) atoms. The molecular formula is C25H23N3O3S. The highest BCUT2D eigenvalue weighted by Crippen LogP contribution is 2.40. The number of nitrogens with zero attached hydrogens (tertiary/aromatic N) is 3. The third-order valence-electron chi connectivity index (χ3n) is 5.44. The van der Waals surface area contributed by atoms with E-state index in [-0.39, 0.29) is 5.91 Å². The molecule has 162 valence electrons. The molecule has 1 aliphatic heterocycles. The number of carbonyl (C=O) groups is 1. The van der Waals surface area contributed by atoms with Crippen molar-refractivity contribution in [3.05, 3.63) is 76.8 Å². The fourth-order valence-electron chi connectivity index (χ4n) is 3.77. The molecule has 1 saturated heterocycles. The van der Waals surface area contributed by atoms with Crippen molar-refractivity contribution in [1.29, 1.82) is 0 Å². The summed E-state index contributed by atoms with van der Waals surface area (Å²) in [5.41, 5.74) is 2.78. The number of ether oxygens (including phenoxy) is 2. The first kappa shape index (κ1) is 20.6. The number of hydrogen-bond acceptors (Lipinski definition) is 6. The van der Waals surface area contributed by atoms with E-state index in [0.29, 0.717) is 49.4 Å². The first-order chi connectivity index (χ1) is 15.7. The van der Waals surface area contributed by atoms with Gasteiger partial charge in [0.15, 0.2) is 11.6 Å². The van der Waals surface area contributed by atoms with Crippen LogP contribution in [-0.2, 0) is 11.3 Å². The Morgan fingerprint density at radius 2 is 1.72 bits per heavy atom. The molecule has 6 nitrogen and oxygen atoms in total. The molecule has 2 aromatic heterocycles. The molecule has 1 amide bonds. The number of thiophene rings is 1. The van der Waals surface area contributed by atoms with Crippen LogP contribution in [0.1, 0.15) is 20.9 Å². The summed E-state index contributed by atoms with van der Waals surface area (Å²) in [5, 5.41) is 0.808. The van der Waals surface area contributed by atoms with E-state index in [2.05, 4.69) is 0 Å². The molecular weight excluding hydrogens is 422 g/mol. The number of amides is 1. The minimum atomic E-state index is -0.0416. The largest absolute Gasteiger partial charge is 0.486 e. The zero-order valence-electron chi connectivity index (χ0n) is 17.8. The van der Waals surface area contributed by atoms with Crippen molar-refractivity contribution >= 4 is 27.5 Å². The molecule has 7 heteroatoms. The number of aromatic nitrogens is 2. The number of rotatable bonds is 5. The van der Waals surface area contributed by atoms with Crippen LogP contribution in [0.2, 0.25) is 0 Å². The van der Waals surface area contributed by atoms with Gasteiger partial charge in [-0.25, -0.2) is 9.97 Å². The smallest absolute Gasteiger partial charge is 0.268 e. The van der Waals surface area contributed by atoms with Crippen molar-refractivity contribution < 1.29 is 14.3 Å². The number of morpholine rings is 1. The lowest BCUT2D eigenvalue weighted by Crippen LogP contribution is -2.40. The third-order valence-corrected chi connectivity index (χ3v) is 6.49. The normalized spacial score (nSPS) is 14.0. The molecule has 0 aliphatic carbocycles. The van der Waals surface area contributed by atoms with Crippen molar-refractivity contribution in [2.24, 2.45) is 0 Å². The van der Waals surface area contributed by atoms with Gasteiger partial charge >= 0.3 is 0 Å². The Labute approximate surface area is 190 Å². The fourth-order valence-corrected chi connectivity index (χ4v) is 4.91. The second-order valence-electron chi connectivity index (χ2n) is 7.62. The number of fused-ring (bicyclic) bond motifs is 1. The van der Waals surface area contributed by atoms with Crippen molar-refractivity contribution in [3.8, 4) is 17.1 Å². The summed E-state index contributed by atoms with van der Waals surface area (Å²) < 4.78 is 11.7. The average molecular weight is 446 g/mol. The molecule has 0 bridgehead atoms. The van der Waals surface area contributed by atoms with E-state index >= 15 is 0 Å². The quantitative estimate of drug-likeness (QED) is 0.445. The summed E-state index contributed by atoms with van der Waals surface area (Å²) in [6.07, 6.45) is 0. The predicted octanol–water partition coefficient (Wildman–Crippen LogP) is 4.72. The highest BCUT2D eigenvalue weighted by atomic mass is 32.1. The third kappa shape index (κ3) is 4.09. The summed E-state index contributed by atoms with van der Waals surface area (Å²) >= 11 is 1.38. The number of aryl methyl sites for hydroxylation is 1. The Morgan fingerprint density at radius 1 is 1.03 bits per heavy atom. The highest BCUT2D eigenvalue weighted by molar-refractivity contribution is 7.21. The van der Waals surface area contributed by atoms with Gasteiger partial charge < -0.3 is 14.4 Å². The van der Waals surface area contributed by atoms with Gasteiger partial charge in [0.2, 0.25) is 0 Å². The summed E-state index contributed by atoms with van der Waals surface area (Å²) in [5.74, 6) is 1.18. The molecule has 4 aromatic rings. The van der Waals surface area contributed by atoms with Crippen molar-refractivity contribution in [2.75, 3.05) is 26.3 Å². The van der Waals surface area contributed by atoms with Gasteiger partial charge in [-0.2, -0.15) is 0 Å². The average Bonchev–Trinajstić information content (AvgIpc) is 3.23. The maximum Gasteiger partial charge on any atom is 0.268 e. The van der Waals surface area contributed by atoms with Gasteiger partial charge in [-0.05, 0) is 12.5 Å². The molecule has 2 aromatic carbocycles. The zero-order valence-corrected chi connectivity index (χ0v) is 18.6. The lowest BCUT2D eigenvalue weighted by Gasteiger charge is -2.26. The van der Waals surface area contributed by atoms with Crippen LogP contribution < -0.4 is 4.74 Å². The maximum absolute atomic E-state index is 13.4. The van der Waals surface area contributed by atoms with Crippen molar-refractivity contribution in [1.82, 2.24) is 14.9 Å². The first-order valence-electron chi connectivity index (χ1n) is 10.6. The SMILES string of the molecule is Cc1nc(-c2ccccc2)nc2sc(C(=O)N3CCOCC3)c(OCc3ccccc3)c12. The number of carbonyl (C=O) groups excluding carboxylic acids is 1. The van der Waals surface area contributed by atoms with Crippen LogP contribution in [0.5, 0.6) is 5.75 Å². The molecule has 5 rings (SSSR count). The van der Waals surface area contributed by atoms with Crippen LogP contribution in [0.3, 0.4) is 0 Å². The monoisotopic (exact) mass is 445 g/mol. The van der Waals surface area contributed by atoms with E-state index in [0.717, 1.165) is 27.0 Å². The van der Waals surface area contributed by atoms with Gasteiger partial charge in [0.05, 0.1) is 24.3 Å². The summed E-state index contributed by atoms with van der Waals surface area (Å²) in [7, 11) is 0. The Bertz CT molecular complexity index is 1240. The van der Waals surface area contributed by atoms with Crippen LogP contribution in [0.4, 0.5) is 0 Å². The van der Waals surface area contributed by atoms with Crippen LogP contribution in [0.15, 0.2) is 60.7 Å². The predicted molar refractivity (Wildman–Crippen MR) is 125 cm³/mol. The van der Waals surface area contributed by atoms with Gasteiger partial charge in [-0.1, -0.05) is 60.7 Å². The van der Waals surface area contributed by atoms with Crippen LogP contribution in [-0.4, -0.2) is 47.1 Å². The molecule has 1 aliphatic rings. The van der Waals surface area contributed by atoms with Crippen LogP contribution in [0, 0.1) is 6.92 Å². The Balaban J connectivity index is 1.59. The van der Waals surface area contributed by atoms with Crippen molar-refractivity contribution in [3.63, 3.8) is 0 Å². The minimum absolute atomic E-state index is 0.0416. The van der Waals surface area contributed by atoms with Gasteiger partial charge in [0, 0.05) is 18.7 Å². The second-order valence-corrected chi connectivity index (χ2v) is 8.62. The van der Waals surface area contributed by atoms with E-state index in [9.17, 15) is 4.79 Å². The standard InChI is InChI=1S/C25H23N3O3S/c1-17-20-21(31-16-18-8-4-2-5-9-18)22(25(29)28-12-14-30-15-13-28)32-24(20)27-23(26-17)19-10-6-3-7-11-19/h2-11H,12-16H2,1H3. The van der Waals surface area contributed by atoms with Crippen molar-refractivity contribution in [2.45, 2.75) is 13.5 Å². The number of benzene rings is 2. The highest BCUT2D eigenvalue weighted by Gasteiger charge is 2.28. The van der Waals surface area contributed by atoms with Gasteiger partial charge in [0.25, 0.3) is 5.91 Å². The van der Waals surface area contributed by atoms with E-state index < -0.39 is 0 Å². The zero-order chi connectivity index (χ0) is 21.9. The molecule has 0 saturated carbocycles. The van der Waals surface area contributed by atoms with E-state index in [1.54, 1.807) is 0 Å². The van der Waals surface area contributed by atoms with Gasteiger partial charge in [-0.3, -0.25) is 4.79 Å². The van der Waals surface area contributed by atoms with Gasteiger partial charge in [0.1, 0.15) is 16.3 Å². The van der Waals surface area contributed by atoms with E-state index in [1.807, 2.05) is 72.5 Å². The van der Waals surface area contributed by atoms with Gasteiger partial charge in [-0.15, -0.1) is 11.3 Å². The Kier molecular flexibility index (Phi) is 5.83. The van der Waals surface area contributed by atoms with Crippen LogP contribution in [0.25, 0.3) is 21.6 Å². The lowest BCUT2D eigenvalue weighted by molar-refractivity contribution is 0.0304. The topological polar surface area (TPSA) is 64.6 Å². The Hall–Kier alpha value is -3.29. The second kappa shape index (κ2) is 9.06. The lowest BCUT2D eigenvalue weighted by atomic mass is 10.2. The molecule has 0 unspecified atom stereocenters. The number of hydrogen-bond donors (Lipinski definition) is 0. The summed E-state index contributed by atoms with van der Waals surface area (Å²) in [6.45, 7) is 4.56. The molecule has 0 atom stereocenters. The van der Waals surface area contributed by atoms with E-state index in [4.69, 9.17) is 19.4 Å². The van der Waals surface area contributed by atoms with E-state index in [1.165, 1.54) is 11.3 Å². The Morgan fingerprint density at radius 3 is 2.44 bits per heavy atom. The molecule has 0 spiro atoms. The fraction of sp³-hybridized carbons (Fsp3) is 0.240. The van der Waals surface area contributed by atoms with Crippen LogP contribution >= 0.6 is 11.3 Å².